The van der Waals surface area contributed by atoms with Crippen LogP contribution < -0.4 is 10.5 Å². The summed E-state index contributed by atoms with van der Waals surface area (Å²) in [6.45, 7) is 0.976. The molecule has 0 spiro atoms. The van der Waals surface area contributed by atoms with Gasteiger partial charge in [-0.05, 0) is 0 Å². The van der Waals surface area contributed by atoms with Crippen molar-refractivity contribution in [2.45, 2.75) is 6.42 Å². The predicted molar refractivity (Wildman–Crippen MR) is 70.3 cm³/mol. The first-order valence-corrected chi connectivity index (χ1v) is 7.11. The van der Waals surface area contributed by atoms with Gasteiger partial charge in [-0.25, -0.2) is 0 Å². The Kier molecular flexibility index (Phi) is 9.43. The maximum atomic E-state index is 12.0. The number of methoxy groups -OCH3 is 2. The van der Waals surface area contributed by atoms with Gasteiger partial charge in [0, 0.05) is 40.3 Å². The van der Waals surface area contributed by atoms with Crippen LogP contribution in [0.2, 0.25) is 0 Å². The molecule has 4 N–H and O–H groups in total. The number of rotatable bonds is 11. The summed E-state index contributed by atoms with van der Waals surface area (Å²) in [6, 6.07) is 0. The van der Waals surface area contributed by atoms with Gasteiger partial charge in [0.2, 0.25) is 0 Å². The monoisotopic (exact) mass is 298 g/mol. The van der Waals surface area contributed by atoms with E-state index in [9.17, 15) is 8.42 Å². The second-order valence-corrected chi connectivity index (χ2v) is 5.38. The number of ether oxygens (including phenoxy) is 2. The van der Waals surface area contributed by atoms with E-state index < -0.39 is 10.2 Å². The normalized spacial score (nSPS) is 13.1. The zero-order chi connectivity index (χ0) is 14.7. The van der Waals surface area contributed by atoms with Crippen molar-refractivity contribution in [2.75, 3.05) is 47.1 Å². The van der Waals surface area contributed by atoms with Gasteiger partial charge in [0.1, 0.15) is 5.84 Å². The van der Waals surface area contributed by atoms with Crippen molar-refractivity contribution in [1.29, 1.82) is 0 Å². The van der Waals surface area contributed by atoms with Gasteiger partial charge >= 0.3 is 0 Å². The Morgan fingerprint density at radius 3 is 2.47 bits per heavy atom. The third-order valence-electron chi connectivity index (χ3n) is 2.22. The SMILES string of the molecule is COCCNS(=O)(=O)N(CCOC)CCC(N)=NO. The number of nitrogens with two attached hydrogens (primary N) is 1. The van der Waals surface area contributed by atoms with Gasteiger partial charge in [0.05, 0.1) is 13.2 Å². The summed E-state index contributed by atoms with van der Waals surface area (Å²) >= 11 is 0. The van der Waals surface area contributed by atoms with E-state index in [0.29, 0.717) is 0 Å². The van der Waals surface area contributed by atoms with Gasteiger partial charge < -0.3 is 20.4 Å². The maximum Gasteiger partial charge on any atom is 0.279 e. The molecule has 0 aliphatic heterocycles. The van der Waals surface area contributed by atoms with Crippen LogP contribution in [0.3, 0.4) is 0 Å². The maximum absolute atomic E-state index is 12.0. The molecular weight excluding hydrogens is 276 g/mol. The number of hydrogen-bond donors (Lipinski definition) is 3. The average molecular weight is 298 g/mol. The third-order valence-corrected chi connectivity index (χ3v) is 3.84. The number of hydrogen-bond acceptors (Lipinski definition) is 6. The first-order chi connectivity index (χ1) is 8.97. The van der Waals surface area contributed by atoms with Crippen molar-refractivity contribution in [1.82, 2.24) is 9.03 Å². The summed E-state index contributed by atoms with van der Waals surface area (Å²) in [7, 11) is -0.679. The molecule has 0 aliphatic carbocycles. The molecular formula is C9H22N4O5S. The van der Waals surface area contributed by atoms with Crippen molar-refractivity contribution in [3.63, 3.8) is 0 Å². The summed E-state index contributed by atoms with van der Waals surface area (Å²) in [5, 5.41) is 11.2. The molecule has 0 radical (unpaired) electrons. The molecule has 0 fully saturated rings. The Morgan fingerprint density at radius 2 is 1.95 bits per heavy atom. The molecule has 114 valence electrons. The van der Waals surface area contributed by atoms with Crippen LogP contribution in [-0.2, 0) is 19.7 Å². The van der Waals surface area contributed by atoms with Crippen LogP contribution in [0.15, 0.2) is 5.16 Å². The van der Waals surface area contributed by atoms with Gasteiger partial charge in [-0.1, -0.05) is 5.16 Å². The van der Waals surface area contributed by atoms with E-state index in [4.69, 9.17) is 20.4 Å². The molecule has 0 aromatic heterocycles. The molecule has 10 heteroatoms. The lowest BCUT2D eigenvalue weighted by Crippen LogP contribution is -2.44. The van der Waals surface area contributed by atoms with Crippen LogP contribution in [0.4, 0.5) is 0 Å². The van der Waals surface area contributed by atoms with Gasteiger partial charge in [0.25, 0.3) is 10.2 Å². The zero-order valence-electron chi connectivity index (χ0n) is 11.2. The quantitative estimate of drug-likeness (QED) is 0.141. The van der Waals surface area contributed by atoms with E-state index in [0.717, 1.165) is 0 Å². The fourth-order valence-electron chi connectivity index (χ4n) is 1.20. The molecule has 0 aliphatic rings. The molecule has 0 rings (SSSR count). The fourth-order valence-corrected chi connectivity index (χ4v) is 2.37. The second-order valence-electron chi connectivity index (χ2n) is 3.63. The summed E-state index contributed by atoms with van der Waals surface area (Å²) in [4.78, 5) is 0. The minimum absolute atomic E-state index is 0.0329. The molecule has 0 aromatic rings. The lowest BCUT2D eigenvalue weighted by Gasteiger charge is -2.21. The molecule has 0 unspecified atom stereocenters. The second kappa shape index (κ2) is 9.92. The number of amidine groups is 1. The van der Waals surface area contributed by atoms with E-state index in [2.05, 4.69) is 9.88 Å². The highest BCUT2D eigenvalue weighted by atomic mass is 32.2. The van der Waals surface area contributed by atoms with Gasteiger partial charge in [-0.15, -0.1) is 0 Å². The molecule has 0 heterocycles. The van der Waals surface area contributed by atoms with Gasteiger partial charge in [0.15, 0.2) is 0 Å². The highest BCUT2D eigenvalue weighted by molar-refractivity contribution is 7.87. The van der Waals surface area contributed by atoms with E-state index in [-0.39, 0.29) is 45.1 Å². The van der Waals surface area contributed by atoms with Crippen LogP contribution in [-0.4, -0.2) is 70.8 Å². The van der Waals surface area contributed by atoms with Crippen molar-refractivity contribution in [3.05, 3.63) is 0 Å². The molecule has 0 saturated heterocycles. The Bertz CT molecular complexity index is 360. The summed E-state index contributed by atoms with van der Waals surface area (Å²) in [5.74, 6) is -0.0329. The Balaban J connectivity index is 4.52. The number of nitrogens with zero attached hydrogens (tertiary/aromatic N) is 2. The first kappa shape index (κ1) is 18.1. The van der Waals surface area contributed by atoms with Crippen molar-refractivity contribution in [3.8, 4) is 0 Å². The topological polar surface area (TPSA) is 126 Å². The molecule has 0 amide bonds. The molecule has 0 atom stereocenters. The standard InChI is InChI=1S/C9H22N4O5S/c1-17-7-4-11-19(15,16)13(6-8-18-2)5-3-9(10)12-14/h11,14H,3-8H2,1-2H3,(H2,10,12). The Hall–Kier alpha value is -0.940. The smallest absolute Gasteiger partial charge is 0.279 e. The van der Waals surface area contributed by atoms with E-state index in [1.807, 2.05) is 0 Å². The molecule has 19 heavy (non-hydrogen) atoms. The van der Waals surface area contributed by atoms with E-state index in [1.165, 1.54) is 18.5 Å². The third kappa shape index (κ3) is 7.95. The molecule has 0 bridgehead atoms. The predicted octanol–water partition coefficient (Wildman–Crippen LogP) is -1.45. The largest absolute Gasteiger partial charge is 0.409 e. The van der Waals surface area contributed by atoms with Crippen molar-refractivity contribution >= 4 is 16.0 Å². The minimum atomic E-state index is -3.64. The lowest BCUT2D eigenvalue weighted by molar-refractivity contribution is 0.178. The Labute approximate surface area is 113 Å². The fraction of sp³-hybridized carbons (Fsp3) is 0.889. The summed E-state index contributed by atoms with van der Waals surface area (Å²) < 4.78 is 37.1. The average Bonchev–Trinajstić information content (AvgIpc) is 2.38. The van der Waals surface area contributed by atoms with Crippen LogP contribution in [0, 0.1) is 0 Å². The zero-order valence-corrected chi connectivity index (χ0v) is 12.0. The molecule has 0 saturated carbocycles. The summed E-state index contributed by atoms with van der Waals surface area (Å²) in [5.41, 5.74) is 5.32. The highest BCUT2D eigenvalue weighted by Gasteiger charge is 2.21. The van der Waals surface area contributed by atoms with Gasteiger partial charge in [-0.2, -0.15) is 17.4 Å². The van der Waals surface area contributed by atoms with E-state index >= 15 is 0 Å². The molecule has 9 nitrogen and oxygen atoms in total. The van der Waals surface area contributed by atoms with Gasteiger partial charge in [-0.3, -0.25) is 0 Å². The van der Waals surface area contributed by atoms with Crippen molar-refractivity contribution in [2.24, 2.45) is 10.9 Å². The highest BCUT2D eigenvalue weighted by Crippen LogP contribution is 2.00. The van der Waals surface area contributed by atoms with Crippen molar-refractivity contribution < 1.29 is 23.1 Å². The van der Waals surface area contributed by atoms with Crippen LogP contribution in [0.1, 0.15) is 6.42 Å². The first-order valence-electron chi connectivity index (χ1n) is 5.67. The van der Waals surface area contributed by atoms with Crippen LogP contribution in [0.5, 0.6) is 0 Å². The Morgan fingerprint density at radius 1 is 1.32 bits per heavy atom. The number of oxime groups is 1. The number of nitrogens with one attached hydrogen (secondary N) is 1. The van der Waals surface area contributed by atoms with Crippen LogP contribution in [0.25, 0.3) is 0 Å². The summed E-state index contributed by atoms with van der Waals surface area (Å²) in [6.07, 6.45) is 0.130. The van der Waals surface area contributed by atoms with E-state index in [1.54, 1.807) is 0 Å². The van der Waals surface area contributed by atoms with Crippen LogP contribution >= 0.6 is 0 Å². The molecule has 0 aromatic carbocycles. The minimum Gasteiger partial charge on any atom is -0.409 e. The lowest BCUT2D eigenvalue weighted by atomic mass is 10.4.